The summed E-state index contributed by atoms with van der Waals surface area (Å²) in [6.07, 6.45) is 2.36. The van der Waals surface area contributed by atoms with Crippen molar-refractivity contribution in [2.45, 2.75) is 26.7 Å². The molecule has 16 heavy (non-hydrogen) atoms. The lowest BCUT2D eigenvalue weighted by atomic mass is 10.1. The van der Waals surface area contributed by atoms with Crippen LogP contribution in [0.4, 0.5) is 0 Å². The average Bonchev–Trinajstić information content (AvgIpc) is 2.82. The van der Waals surface area contributed by atoms with Crippen molar-refractivity contribution < 1.29 is 0 Å². The monoisotopic (exact) mass is 279 g/mol. The van der Waals surface area contributed by atoms with Crippen molar-refractivity contribution >= 4 is 15.9 Å². The molecule has 0 aromatic rings. The van der Waals surface area contributed by atoms with Gasteiger partial charge in [0, 0.05) is 18.8 Å². The molecule has 0 aliphatic carbocycles. The summed E-state index contributed by atoms with van der Waals surface area (Å²) in [6.45, 7) is 5.76. The van der Waals surface area contributed by atoms with Crippen molar-refractivity contribution in [3.63, 3.8) is 0 Å². The molecule has 0 N–H and O–H groups in total. The Bertz CT molecular complexity index is 415. The lowest BCUT2D eigenvalue weighted by Crippen LogP contribution is -2.18. The van der Waals surface area contributed by atoms with Gasteiger partial charge in [-0.3, -0.25) is 0 Å². The Balaban J connectivity index is 3.11. The van der Waals surface area contributed by atoms with Crippen LogP contribution < -0.4 is 0 Å². The van der Waals surface area contributed by atoms with Crippen molar-refractivity contribution in [2.75, 3.05) is 13.1 Å². The van der Waals surface area contributed by atoms with Crippen molar-refractivity contribution in [2.24, 2.45) is 0 Å². The first kappa shape index (κ1) is 12.8. The van der Waals surface area contributed by atoms with Gasteiger partial charge in [0.25, 0.3) is 0 Å². The number of allylic oxidation sites excluding steroid dienone is 4. The maximum atomic E-state index is 9.17. The van der Waals surface area contributed by atoms with Crippen LogP contribution in [-0.2, 0) is 0 Å². The van der Waals surface area contributed by atoms with Gasteiger partial charge in [0.05, 0.1) is 10.1 Å². The van der Waals surface area contributed by atoms with Gasteiger partial charge in [-0.15, -0.1) is 0 Å². The van der Waals surface area contributed by atoms with E-state index in [9.17, 15) is 5.26 Å². The topological polar surface area (TPSA) is 50.8 Å². The van der Waals surface area contributed by atoms with Crippen LogP contribution in [0.3, 0.4) is 0 Å². The summed E-state index contributed by atoms with van der Waals surface area (Å²) in [5, 5.41) is 18.0. The molecule has 1 saturated heterocycles. The zero-order valence-corrected chi connectivity index (χ0v) is 11.1. The molecule has 0 radical (unpaired) electrons. The lowest BCUT2D eigenvalue weighted by Gasteiger charge is -2.20. The molecule has 1 rings (SSSR count). The highest BCUT2D eigenvalue weighted by Gasteiger charge is 2.17. The number of hydrogen-bond donors (Lipinski definition) is 0. The van der Waals surface area contributed by atoms with Gasteiger partial charge in [0.1, 0.15) is 12.1 Å². The van der Waals surface area contributed by atoms with Crippen LogP contribution in [0, 0.1) is 22.7 Å². The van der Waals surface area contributed by atoms with Crippen LogP contribution in [-0.4, -0.2) is 18.0 Å². The van der Waals surface area contributed by atoms with Crippen LogP contribution in [0.1, 0.15) is 26.7 Å². The maximum Gasteiger partial charge on any atom is 0.107 e. The predicted octanol–water partition coefficient (Wildman–Crippen LogP) is 3.07. The van der Waals surface area contributed by atoms with E-state index in [0.717, 1.165) is 24.4 Å². The maximum absolute atomic E-state index is 9.17. The first-order chi connectivity index (χ1) is 7.61. The van der Waals surface area contributed by atoms with E-state index in [2.05, 4.69) is 26.9 Å². The summed E-state index contributed by atoms with van der Waals surface area (Å²) in [6, 6.07) is 4.21. The van der Waals surface area contributed by atoms with E-state index in [1.54, 1.807) is 6.92 Å². The molecular weight excluding hydrogens is 266 g/mol. The Morgan fingerprint density at radius 3 is 2.12 bits per heavy atom. The number of nitriles is 2. The molecule has 1 aliphatic heterocycles. The first-order valence-corrected chi connectivity index (χ1v) is 6.04. The second-order valence-corrected chi connectivity index (χ2v) is 4.61. The van der Waals surface area contributed by atoms with Gasteiger partial charge in [0.15, 0.2) is 0 Å². The second kappa shape index (κ2) is 5.72. The predicted molar refractivity (Wildman–Crippen MR) is 66.4 cm³/mol. The number of likely N-dealkylation sites (tertiary alicyclic amines) is 1. The minimum absolute atomic E-state index is 0.433. The Kier molecular flexibility index (Phi) is 4.58. The van der Waals surface area contributed by atoms with E-state index in [1.165, 1.54) is 12.8 Å². The minimum Gasteiger partial charge on any atom is -0.374 e. The van der Waals surface area contributed by atoms with Gasteiger partial charge in [-0.2, -0.15) is 10.5 Å². The Morgan fingerprint density at radius 2 is 1.69 bits per heavy atom. The zero-order chi connectivity index (χ0) is 12.1. The summed E-state index contributed by atoms with van der Waals surface area (Å²) in [7, 11) is 0. The normalized spacial score (nSPS) is 18.4. The molecular formula is C12H14BrN3. The highest BCUT2D eigenvalue weighted by Crippen LogP contribution is 2.24. The van der Waals surface area contributed by atoms with Gasteiger partial charge in [-0.25, -0.2) is 0 Å². The standard InChI is InChI=1S/C12H14BrN3/c1-9(12(13)8-15)11(7-14)10(2)16-5-3-4-6-16/h3-6H2,1-2H3/b11-10+,12-9-. The Hall–Kier alpha value is -1.26. The van der Waals surface area contributed by atoms with Gasteiger partial charge >= 0.3 is 0 Å². The van der Waals surface area contributed by atoms with E-state index in [4.69, 9.17) is 5.26 Å². The lowest BCUT2D eigenvalue weighted by molar-refractivity contribution is 0.425. The van der Waals surface area contributed by atoms with E-state index >= 15 is 0 Å². The summed E-state index contributed by atoms with van der Waals surface area (Å²) in [5.74, 6) is 0. The Labute approximate surface area is 105 Å². The van der Waals surface area contributed by atoms with Crippen LogP contribution in [0.2, 0.25) is 0 Å². The molecule has 0 unspecified atom stereocenters. The molecule has 1 aliphatic rings. The third-order valence-corrected chi connectivity index (χ3v) is 3.63. The van der Waals surface area contributed by atoms with E-state index in [0.29, 0.717) is 10.1 Å². The molecule has 84 valence electrons. The number of halogens is 1. The van der Waals surface area contributed by atoms with E-state index < -0.39 is 0 Å². The van der Waals surface area contributed by atoms with Crippen LogP contribution in [0.15, 0.2) is 21.3 Å². The fourth-order valence-corrected chi connectivity index (χ4v) is 2.04. The molecule has 4 heteroatoms. The quantitative estimate of drug-likeness (QED) is 0.577. The second-order valence-electron chi connectivity index (χ2n) is 3.82. The molecule has 0 aromatic heterocycles. The molecule has 0 bridgehead atoms. The van der Waals surface area contributed by atoms with Crippen LogP contribution >= 0.6 is 15.9 Å². The first-order valence-electron chi connectivity index (χ1n) is 5.24. The van der Waals surface area contributed by atoms with Crippen molar-refractivity contribution in [3.8, 4) is 12.1 Å². The van der Waals surface area contributed by atoms with Gasteiger partial charge in [-0.05, 0) is 48.2 Å². The van der Waals surface area contributed by atoms with Gasteiger partial charge in [-0.1, -0.05) is 0 Å². The molecule has 0 amide bonds. The SMILES string of the molecule is CC(=C(/Br)C#N)/C(C#N)=C(\C)N1CCCC1. The summed E-state index contributed by atoms with van der Waals surface area (Å²) >= 11 is 3.18. The highest BCUT2D eigenvalue weighted by atomic mass is 79.9. The van der Waals surface area contributed by atoms with Crippen LogP contribution in [0.5, 0.6) is 0 Å². The number of nitrogens with zero attached hydrogens (tertiary/aromatic N) is 3. The molecule has 0 spiro atoms. The summed E-state index contributed by atoms with van der Waals surface area (Å²) in [5.41, 5.74) is 2.30. The molecule has 3 nitrogen and oxygen atoms in total. The molecule has 1 fully saturated rings. The van der Waals surface area contributed by atoms with E-state index in [1.807, 2.05) is 13.0 Å². The van der Waals surface area contributed by atoms with E-state index in [-0.39, 0.29) is 0 Å². The third kappa shape index (κ3) is 2.65. The summed E-state index contributed by atoms with van der Waals surface area (Å²) in [4.78, 5) is 2.21. The number of hydrogen-bond acceptors (Lipinski definition) is 3. The average molecular weight is 280 g/mol. The van der Waals surface area contributed by atoms with Crippen molar-refractivity contribution in [3.05, 3.63) is 21.3 Å². The van der Waals surface area contributed by atoms with Gasteiger partial charge < -0.3 is 4.90 Å². The smallest absolute Gasteiger partial charge is 0.107 e. The van der Waals surface area contributed by atoms with Crippen molar-refractivity contribution in [1.29, 1.82) is 10.5 Å². The Morgan fingerprint density at radius 1 is 1.12 bits per heavy atom. The molecule has 0 atom stereocenters. The van der Waals surface area contributed by atoms with Gasteiger partial charge in [0.2, 0.25) is 0 Å². The number of rotatable bonds is 2. The molecule has 1 heterocycles. The minimum atomic E-state index is 0.433. The third-order valence-electron chi connectivity index (χ3n) is 2.86. The largest absolute Gasteiger partial charge is 0.374 e. The fourth-order valence-electron chi connectivity index (χ4n) is 1.84. The van der Waals surface area contributed by atoms with Crippen molar-refractivity contribution in [1.82, 2.24) is 4.90 Å². The zero-order valence-electron chi connectivity index (χ0n) is 9.55. The van der Waals surface area contributed by atoms with Crippen LogP contribution in [0.25, 0.3) is 0 Å². The summed E-state index contributed by atoms with van der Waals surface area (Å²) < 4.78 is 0.433. The fraction of sp³-hybridized carbons (Fsp3) is 0.500. The molecule has 0 aromatic carbocycles. The highest BCUT2D eigenvalue weighted by molar-refractivity contribution is 9.12. The molecule has 0 saturated carbocycles.